The van der Waals surface area contributed by atoms with Gasteiger partial charge in [-0.05, 0) is 22.6 Å². The normalized spacial score (nSPS) is 12.3. The second kappa shape index (κ2) is 8.39. The van der Waals surface area contributed by atoms with Gasteiger partial charge >= 0.3 is 5.97 Å². The Balaban J connectivity index is 2.28. The number of nitro groups is 1. The molecule has 2 aromatic carbocycles. The van der Waals surface area contributed by atoms with E-state index in [0.29, 0.717) is 5.56 Å². The quantitative estimate of drug-likeness (QED) is 0.544. The Morgan fingerprint density at radius 2 is 1.79 bits per heavy atom. The molecule has 148 valence electrons. The molecule has 0 heterocycles. The van der Waals surface area contributed by atoms with Crippen LogP contribution in [0.15, 0.2) is 42.5 Å². The maximum absolute atomic E-state index is 12.6. The van der Waals surface area contributed by atoms with Crippen LogP contribution in [0, 0.1) is 10.1 Å². The van der Waals surface area contributed by atoms with Gasteiger partial charge in [0.25, 0.3) is 11.6 Å². The summed E-state index contributed by atoms with van der Waals surface area (Å²) in [6.45, 7) is 6.19. The average molecular weight is 405 g/mol. The number of rotatable bonds is 6. The number of nitro benzene ring substituents is 1. The molecule has 2 N–H and O–H groups in total. The number of benzene rings is 2. The average Bonchev–Trinajstić information content (AvgIpc) is 2.59. The molecule has 0 aromatic heterocycles. The molecule has 7 nitrogen and oxygen atoms in total. The van der Waals surface area contributed by atoms with Crippen LogP contribution in [-0.2, 0) is 10.2 Å². The summed E-state index contributed by atoms with van der Waals surface area (Å²) in [5, 5.41) is 22.6. The largest absolute Gasteiger partial charge is 0.481 e. The zero-order chi connectivity index (χ0) is 21.1. The molecule has 0 radical (unpaired) electrons. The number of carboxylic acids is 1. The van der Waals surface area contributed by atoms with Crippen molar-refractivity contribution < 1.29 is 19.6 Å². The second-order valence-electron chi connectivity index (χ2n) is 7.42. The van der Waals surface area contributed by atoms with Gasteiger partial charge in [-0.25, -0.2) is 0 Å². The highest BCUT2D eigenvalue weighted by Crippen LogP contribution is 2.27. The van der Waals surface area contributed by atoms with Gasteiger partial charge in [-0.2, -0.15) is 0 Å². The molecule has 0 saturated heterocycles. The molecule has 0 aliphatic carbocycles. The molecule has 0 aliphatic heterocycles. The zero-order valence-corrected chi connectivity index (χ0v) is 16.5. The van der Waals surface area contributed by atoms with Crippen molar-refractivity contribution in [2.45, 2.75) is 38.6 Å². The minimum Gasteiger partial charge on any atom is -0.481 e. The lowest BCUT2D eigenvalue weighted by molar-refractivity contribution is -0.384. The zero-order valence-electron chi connectivity index (χ0n) is 15.7. The van der Waals surface area contributed by atoms with Crippen LogP contribution >= 0.6 is 11.6 Å². The first-order valence-electron chi connectivity index (χ1n) is 8.56. The van der Waals surface area contributed by atoms with Crippen LogP contribution in [0.5, 0.6) is 0 Å². The molecular weight excluding hydrogens is 384 g/mol. The number of aliphatic carboxylic acids is 1. The highest BCUT2D eigenvalue weighted by atomic mass is 35.5. The van der Waals surface area contributed by atoms with Gasteiger partial charge in [-0.15, -0.1) is 0 Å². The van der Waals surface area contributed by atoms with Crippen molar-refractivity contribution >= 4 is 29.2 Å². The van der Waals surface area contributed by atoms with Gasteiger partial charge in [0, 0.05) is 12.1 Å². The number of nitrogens with one attached hydrogen (secondary N) is 1. The standard InChI is InChI=1S/C20H21ClN2O5/c1-20(2,3)13-6-4-12(5-7-13)17(11-18(24)25)22-19(26)15-9-8-14(23(27)28)10-16(15)21/h4-10,17H,11H2,1-3H3,(H,22,26)(H,24,25). The number of hydrogen-bond acceptors (Lipinski definition) is 4. The van der Waals surface area contributed by atoms with Crippen molar-refractivity contribution in [1.82, 2.24) is 5.32 Å². The van der Waals surface area contributed by atoms with E-state index in [9.17, 15) is 24.8 Å². The number of nitrogens with zero attached hydrogens (tertiary/aromatic N) is 1. The van der Waals surface area contributed by atoms with E-state index in [1.54, 1.807) is 12.1 Å². The number of non-ortho nitro benzene ring substituents is 1. The van der Waals surface area contributed by atoms with E-state index >= 15 is 0 Å². The summed E-state index contributed by atoms with van der Waals surface area (Å²) in [5.41, 5.74) is 1.46. The molecule has 0 bridgehead atoms. The van der Waals surface area contributed by atoms with Crippen molar-refractivity contribution in [2.75, 3.05) is 0 Å². The Bertz CT molecular complexity index is 904. The summed E-state index contributed by atoms with van der Waals surface area (Å²) in [4.78, 5) is 34.0. The molecule has 0 saturated carbocycles. The first-order chi connectivity index (χ1) is 13.0. The predicted octanol–water partition coefficient (Wildman–Crippen LogP) is 4.49. The SMILES string of the molecule is CC(C)(C)c1ccc(C(CC(=O)O)NC(=O)c2ccc([N+](=O)[O-])cc2Cl)cc1. The first-order valence-corrected chi connectivity index (χ1v) is 8.94. The summed E-state index contributed by atoms with van der Waals surface area (Å²) < 4.78 is 0. The number of carboxylic acid groups (broad SMARTS) is 1. The molecule has 1 amide bonds. The van der Waals surface area contributed by atoms with E-state index in [4.69, 9.17) is 11.6 Å². The smallest absolute Gasteiger partial charge is 0.305 e. The molecule has 2 rings (SSSR count). The van der Waals surface area contributed by atoms with Gasteiger partial charge in [0.1, 0.15) is 0 Å². The Labute approximate surface area is 167 Å². The lowest BCUT2D eigenvalue weighted by atomic mass is 9.86. The Hall–Kier alpha value is -2.93. The van der Waals surface area contributed by atoms with Gasteiger partial charge in [-0.1, -0.05) is 56.6 Å². The van der Waals surface area contributed by atoms with Crippen LogP contribution in [0.1, 0.15) is 54.7 Å². The third kappa shape index (κ3) is 5.29. The molecule has 0 spiro atoms. The molecular formula is C20H21ClN2O5. The summed E-state index contributed by atoms with van der Waals surface area (Å²) in [6, 6.07) is 10.1. The fourth-order valence-corrected chi connectivity index (χ4v) is 2.94. The molecule has 1 unspecified atom stereocenters. The van der Waals surface area contributed by atoms with E-state index in [-0.39, 0.29) is 28.1 Å². The summed E-state index contributed by atoms with van der Waals surface area (Å²) >= 11 is 5.99. The molecule has 8 heteroatoms. The molecule has 2 aromatic rings. The summed E-state index contributed by atoms with van der Waals surface area (Å²) in [7, 11) is 0. The fraction of sp³-hybridized carbons (Fsp3) is 0.300. The first kappa shape index (κ1) is 21.4. The van der Waals surface area contributed by atoms with Crippen molar-refractivity contribution in [1.29, 1.82) is 0 Å². The lowest BCUT2D eigenvalue weighted by Gasteiger charge is -2.22. The van der Waals surface area contributed by atoms with Crippen molar-refractivity contribution in [3.8, 4) is 0 Å². The third-order valence-electron chi connectivity index (χ3n) is 4.27. The predicted molar refractivity (Wildman–Crippen MR) is 106 cm³/mol. The highest BCUT2D eigenvalue weighted by molar-refractivity contribution is 6.34. The summed E-state index contributed by atoms with van der Waals surface area (Å²) in [6.07, 6.45) is -0.314. The number of hydrogen-bond donors (Lipinski definition) is 2. The monoisotopic (exact) mass is 404 g/mol. The number of carbonyl (C=O) groups excluding carboxylic acids is 1. The maximum Gasteiger partial charge on any atom is 0.305 e. The maximum atomic E-state index is 12.6. The van der Waals surface area contributed by atoms with Crippen molar-refractivity contribution in [2.24, 2.45) is 0 Å². The molecule has 0 aliphatic rings. The molecule has 0 fully saturated rings. The minimum absolute atomic E-state index is 0.0361. The van der Waals surface area contributed by atoms with Crippen LogP contribution < -0.4 is 5.32 Å². The van der Waals surface area contributed by atoms with Gasteiger partial charge < -0.3 is 10.4 Å². The van der Waals surface area contributed by atoms with Crippen LogP contribution in [-0.4, -0.2) is 21.9 Å². The Kier molecular flexibility index (Phi) is 6.41. The Morgan fingerprint density at radius 3 is 2.25 bits per heavy atom. The summed E-state index contributed by atoms with van der Waals surface area (Å²) in [5.74, 6) is -1.67. The number of carbonyl (C=O) groups is 2. The van der Waals surface area contributed by atoms with Crippen molar-refractivity contribution in [3.05, 3.63) is 74.3 Å². The molecule has 1 atom stereocenters. The van der Waals surface area contributed by atoms with E-state index < -0.39 is 22.8 Å². The van der Waals surface area contributed by atoms with Crippen LogP contribution in [0.4, 0.5) is 5.69 Å². The highest BCUT2D eigenvalue weighted by Gasteiger charge is 2.22. The number of amides is 1. The van der Waals surface area contributed by atoms with E-state index in [0.717, 1.165) is 11.6 Å². The molecule has 28 heavy (non-hydrogen) atoms. The van der Waals surface area contributed by atoms with Gasteiger partial charge in [0.15, 0.2) is 0 Å². The van der Waals surface area contributed by atoms with Crippen molar-refractivity contribution in [3.63, 3.8) is 0 Å². The topological polar surface area (TPSA) is 110 Å². The Morgan fingerprint density at radius 1 is 1.18 bits per heavy atom. The third-order valence-corrected chi connectivity index (χ3v) is 4.58. The van der Waals surface area contributed by atoms with E-state index in [2.05, 4.69) is 26.1 Å². The fourth-order valence-electron chi connectivity index (χ4n) is 2.68. The second-order valence-corrected chi connectivity index (χ2v) is 7.82. The lowest BCUT2D eigenvalue weighted by Crippen LogP contribution is -2.30. The van der Waals surface area contributed by atoms with Crippen LogP contribution in [0.25, 0.3) is 0 Å². The van der Waals surface area contributed by atoms with Gasteiger partial charge in [0.05, 0.1) is 28.0 Å². The van der Waals surface area contributed by atoms with Crippen LogP contribution in [0.3, 0.4) is 0 Å². The van der Waals surface area contributed by atoms with Gasteiger partial charge in [-0.3, -0.25) is 19.7 Å². The van der Waals surface area contributed by atoms with Gasteiger partial charge in [0.2, 0.25) is 0 Å². The minimum atomic E-state index is -1.07. The number of halogens is 1. The van der Waals surface area contributed by atoms with Crippen LogP contribution in [0.2, 0.25) is 5.02 Å². The van der Waals surface area contributed by atoms with E-state index in [1.807, 2.05) is 12.1 Å². The van der Waals surface area contributed by atoms with E-state index in [1.165, 1.54) is 12.1 Å².